The van der Waals surface area contributed by atoms with Crippen molar-refractivity contribution in [3.63, 3.8) is 0 Å². The molecule has 0 aliphatic carbocycles. The largest absolute Gasteiger partial charge is 0.483 e. The van der Waals surface area contributed by atoms with Crippen LogP contribution in [0.3, 0.4) is 0 Å². The molecule has 2 fully saturated rings. The topological polar surface area (TPSA) is 170 Å². The Kier molecular flexibility index (Phi) is 7.61. The van der Waals surface area contributed by atoms with E-state index in [1.54, 1.807) is 23.1 Å². The minimum absolute atomic E-state index is 0.0471. The van der Waals surface area contributed by atoms with Crippen molar-refractivity contribution in [1.29, 1.82) is 0 Å². The van der Waals surface area contributed by atoms with Crippen LogP contribution in [0.15, 0.2) is 30.9 Å². The summed E-state index contributed by atoms with van der Waals surface area (Å²) in [6.07, 6.45) is 1.70. The molecule has 2 saturated heterocycles. The number of aromatic nitrogens is 4. The molecule has 202 valence electrons. The van der Waals surface area contributed by atoms with Crippen molar-refractivity contribution >= 4 is 40.4 Å². The third-order valence-electron chi connectivity index (χ3n) is 6.74. The van der Waals surface area contributed by atoms with Gasteiger partial charge in [-0.3, -0.25) is 14.2 Å². The molecule has 2 aliphatic heterocycles. The van der Waals surface area contributed by atoms with Crippen molar-refractivity contribution in [2.24, 2.45) is 5.73 Å². The zero-order valence-electron chi connectivity index (χ0n) is 20.7. The van der Waals surface area contributed by atoms with Gasteiger partial charge in [0.05, 0.1) is 12.4 Å². The van der Waals surface area contributed by atoms with Gasteiger partial charge in [0.25, 0.3) is 11.8 Å². The Morgan fingerprint density at radius 1 is 1.26 bits per heavy atom. The highest BCUT2D eigenvalue weighted by Crippen LogP contribution is 2.32. The number of hydrogen-bond acceptors (Lipinski definition) is 10. The fraction of sp³-hybridized carbons (Fsp3) is 0.458. The molecule has 4 atom stereocenters. The zero-order valence-corrected chi connectivity index (χ0v) is 21.5. The van der Waals surface area contributed by atoms with Crippen molar-refractivity contribution in [3.05, 3.63) is 41.4 Å². The van der Waals surface area contributed by atoms with Gasteiger partial charge in [0.1, 0.15) is 18.2 Å². The number of hydrogen-bond donors (Lipinski definition) is 4. The number of likely N-dealkylation sites (tertiary alicyclic amines) is 1. The fourth-order valence-corrected chi connectivity index (χ4v) is 4.87. The molecule has 14 heteroatoms. The Bertz CT molecular complexity index is 1330. The van der Waals surface area contributed by atoms with Crippen molar-refractivity contribution in [1.82, 2.24) is 29.7 Å². The van der Waals surface area contributed by atoms with E-state index in [0.717, 1.165) is 31.5 Å². The summed E-state index contributed by atoms with van der Waals surface area (Å²) < 4.78 is 13.1. The van der Waals surface area contributed by atoms with Crippen molar-refractivity contribution in [2.45, 2.75) is 43.9 Å². The van der Waals surface area contributed by atoms with Crippen molar-refractivity contribution in [3.8, 4) is 5.75 Å². The Morgan fingerprint density at radius 2 is 2.05 bits per heavy atom. The average molecular weight is 545 g/mol. The van der Waals surface area contributed by atoms with Gasteiger partial charge in [-0.25, -0.2) is 15.0 Å². The second-order valence-corrected chi connectivity index (χ2v) is 9.59. The van der Waals surface area contributed by atoms with E-state index >= 15 is 0 Å². The van der Waals surface area contributed by atoms with Gasteiger partial charge < -0.3 is 35.8 Å². The number of benzene rings is 1. The van der Waals surface area contributed by atoms with E-state index in [4.69, 9.17) is 26.8 Å². The van der Waals surface area contributed by atoms with Crippen LogP contribution in [0.5, 0.6) is 5.75 Å². The fourth-order valence-electron chi connectivity index (χ4n) is 4.67. The number of aliphatic hydroxyl groups is 1. The summed E-state index contributed by atoms with van der Waals surface area (Å²) in [4.78, 5) is 39.3. The number of imidazole rings is 1. The molecule has 3 aromatic rings. The predicted octanol–water partition coefficient (Wildman–Crippen LogP) is 0.425. The van der Waals surface area contributed by atoms with Gasteiger partial charge in [-0.2, -0.15) is 0 Å². The molecule has 38 heavy (non-hydrogen) atoms. The van der Waals surface area contributed by atoms with E-state index in [2.05, 4.69) is 25.6 Å². The summed E-state index contributed by atoms with van der Waals surface area (Å²) in [5, 5.41) is 16.9. The number of nitrogens with one attached hydrogen (secondary N) is 2. The molecule has 2 aromatic heterocycles. The number of amides is 2. The first-order chi connectivity index (χ1) is 18.4. The molecule has 5 N–H and O–H groups in total. The SMILES string of the molecule is CNC(=O)[C@H]1O[C@@H](n2cnc3c(NCc4cc(Cl)ccc4OCC(=O)N4CCCC4)ncnc32)[C@H](O)[C@@H]1N. The lowest BCUT2D eigenvalue weighted by Crippen LogP contribution is -2.46. The average Bonchev–Trinajstić information content (AvgIpc) is 3.67. The molecular formula is C24H29ClN8O5. The van der Waals surface area contributed by atoms with Crippen LogP contribution in [0.25, 0.3) is 11.2 Å². The predicted molar refractivity (Wildman–Crippen MR) is 137 cm³/mol. The lowest BCUT2D eigenvalue weighted by Gasteiger charge is -2.17. The molecule has 0 bridgehead atoms. The molecule has 0 unspecified atom stereocenters. The quantitative estimate of drug-likeness (QED) is 0.312. The second-order valence-electron chi connectivity index (χ2n) is 9.16. The number of ether oxygens (including phenoxy) is 2. The summed E-state index contributed by atoms with van der Waals surface area (Å²) in [5.41, 5.74) is 7.56. The normalized spacial score (nSPS) is 23.1. The lowest BCUT2D eigenvalue weighted by atomic mass is 10.1. The number of nitrogens with two attached hydrogens (primary N) is 1. The van der Waals surface area contributed by atoms with Crippen LogP contribution >= 0.6 is 11.6 Å². The number of fused-ring (bicyclic) bond motifs is 1. The molecule has 0 saturated carbocycles. The Morgan fingerprint density at radius 3 is 2.82 bits per heavy atom. The molecule has 13 nitrogen and oxygen atoms in total. The van der Waals surface area contributed by atoms with Crippen LogP contribution < -0.4 is 21.1 Å². The molecule has 5 rings (SSSR count). The summed E-state index contributed by atoms with van der Waals surface area (Å²) in [5.74, 6) is 0.477. The van der Waals surface area contributed by atoms with E-state index < -0.39 is 30.4 Å². The van der Waals surface area contributed by atoms with E-state index in [-0.39, 0.29) is 19.1 Å². The second kappa shape index (κ2) is 11.1. The third kappa shape index (κ3) is 5.10. The maximum atomic E-state index is 12.4. The van der Waals surface area contributed by atoms with E-state index in [1.807, 2.05) is 0 Å². The standard InChI is InChI=1S/C24H29ClN8O5/c1-27-23(36)20-17(26)19(35)24(38-20)33-12-31-18-21(29-11-30-22(18)33)28-9-13-8-14(25)4-5-15(13)37-10-16(34)32-6-2-3-7-32/h4-5,8,11-12,17,19-20,24,35H,2-3,6-7,9-10,26H2,1H3,(H,27,36)(H,28,29,30)/t17-,19+,20-,24+/m0/s1. The first-order valence-electron chi connectivity index (χ1n) is 12.3. The van der Waals surface area contributed by atoms with Gasteiger partial charge >= 0.3 is 0 Å². The lowest BCUT2D eigenvalue weighted by molar-refractivity contribution is -0.134. The first-order valence-corrected chi connectivity index (χ1v) is 12.7. The minimum Gasteiger partial charge on any atom is -0.483 e. The molecule has 4 heterocycles. The molecule has 0 spiro atoms. The highest BCUT2D eigenvalue weighted by Gasteiger charge is 2.46. The molecule has 2 amide bonds. The van der Waals surface area contributed by atoms with Crippen LogP contribution in [-0.4, -0.2) is 86.3 Å². The Balaban J connectivity index is 1.32. The van der Waals surface area contributed by atoms with Gasteiger partial charge in [-0.1, -0.05) is 11.6 Å². The zero-order chi connectivity index (χ0) is 26.8. The van der Waals surface area contributed by atoms with Crippen molar-refractivity contribution < 1.29 is 24.2 Å². The van der Waals surface area contributed by atoms with Gasteiger partial charge in [-0.15, -0.1) is 0 Å². The number of nitrogens with zero attached hydrogens (tertiary/aromatic N) is 5. The number of halogens is 1. The van der Waals surface area contributed by atoms with E-state index in [1.165, 1.54) is 24.3 Å². The van der Waals surface area contributed by atoms with Crippen molar-refractivity contribution in [2.75, 3.05) is 32.1 Å². The van der Waals surface area contributed by atoms with Crippen LogP contribution in [-0.2, 0) is 20.9 Å². The maximum Gasteiger partial charge on any atom is 0.260 e. The molecule has 2 aliphatic rings. The highest BCUT2D eigenvalue weighted by molar-refractivity contribution is 6.30. The first kappa shape index (κ1) is 26.1. The summed E-state index contributed by atoms with van der Waals surface area (Å²) >= 11 is 6.23. The number of carbonyl (C=O) groups is 2. The Labute approximate surface area is 223 Å². The summed E-state index contributed by atoms with van der Waals surface area (Å²) in [6.45, 7) is 1.74. The number of anilines is 1. The van der Waals surface area contributed by atoms with Gasteiger partial charge in [0.15, 0.2) is 35.9 Å². The molecular weight excluding hydrogens is 516 g/mol. The van der Waals surface area contributed by atoms with Gasteiger partial charge in [0.2, 0.25) is 0 Å². The maximum absolute atomic E-state index is 12.4. The van der Waals surface area contributed by atoms with Crippen LogP contribution in [0.1, 0.15) is 24.6 Å². The van der Waals surface area contributed by atoms with Gasteiger partial charge in [-0.05, 0) is 31.0 Å². The highest BCUT2D eigenvalue weighted by atomic mass is 35.5. The molecule has 1 aromatic carbocycles. The van der Waals surface area contributed by atoms with Crippen LogP contribution in [0.2, 0.25) is 5.02 Å². The number of aliphatic hydroxyl groups excluding tert-OH is 1. The summed E-state index contributed by atoms with van der Waals surface area (Å²) in [6, 6.07) is 4.26. The summed E-state index contributed by atoms with van der Waals surface area (Å²) in [7, 11) is 1.47. The molecule has 0 radical (unpaired) electrons. The van der Waals surface area contributed by atoms with Crippen LogP contribution in [0, 0.1) is 0 Å². The Hall–Kier alpha value is -3.52. The van der Waals surface area contributed by atoms with Gasteiger partial charge in [0, 0.05) is 37.3 Å². The van der Waals surface area contributed by atoms with E-state index in [9.17, 15) is 14.7 Å². The third-order valence-corrected chi connectivity index (χ3v) is 6.97. The monoisotopic (exact) mass is 544 g/mol. The van der Waals surface area contributed by atoms with E-state index in [0.29, 0.717) is 27.8 Å². The van der Waals surface area contributed by atoms with Crippen LogP contribution in [0.4, 0.5) is 5.82 Å². The smallest absolute Gasteiger partial charge is 0.260 e. The number of rotatable bonds is 8. The minimum atomic E-state index is -1.16. The number of carbonyl (C=O) groups excluding carboxylic acids is 2. The number of likely N-dealkylation sites (N-methyl/N-ethyl adjacent to an activating group) is 1.